The molecule has 8 nitrogen and oxygen atoms in total. The first-order chi connectivity index (χ1) is 15.0. The van der Waals surface area contributed by atoms with Crippen LogP contribution >= 0.6 is 0 Å². The first kappa shape index (κ1) is 20.4. The van der Waals surface area contributed by atoms with E-state index in [2.05, 4.69) is 15.4 Å². The normalized spacial score (nSPS) is 15.3. The van der Waals surface area contributed by atoms with Crippen molar-refractivity contribution < 1.29 is 18.7 Å². The second-order valence-electron chi connectivity index (χ2n) is 6.98. The standard InChI is InChI=1S/C22H22FN5O3/c1-3-30-18-10-14(8-9-17(18)31-11-15-6-4-5-7-16(15)23)20-19(21(24)29)13(2)27-22-25-12-26-28(20)22/h4-10,12,20H,3,11H2,1-2H3,(H2,24,29)(H,25,26,27). The fraction of sp³-hybridized carbons (Fsp3) is 0.227. The summed E-state index contributed by atoms with van der Waals surface area (Å²) >= 11 is 0. The van der Waals surface area contributed by atoms with Crippen LogP contribution in [0.25, 0.3) is 0 Å². The molecular formula is C22H22FN5O3. The van der Waals surface area contributed by atoms with Crippen LogP contribution in [0.2, 0.25) is 0 Å². The van der Waals surface area contributed by atoms with Crippen LogP contribution in [0.3, 0.4) is 0 Å². The fourth-order valence-corrected chi connectivity index (χ4v) is 3.57. The lowest BCUT2D eigenvalue weighted by molar-refractivity contribution is -0.115. The van der Waals surface area contributed by atoms with Gasteiger partial charge in [-0.3, -0.25) is 4.79 Å². The lowest BCUT2D eigenvalue weighted by Crippen LogP contribution is -2.31. The molecule has 1 atom stereocenters. The van der Waals surface area contributed by atoms with Gasteiger partial charge in [0.25, 0.3) is 0 Å². The maximum atomic E-state index is 13.9. The van der Waals surface area contributed by atoms with Gasteiger partial charge in [-0.25, -0.2) is 9.07 Å². The number of anilines is 1. The lowest BCUT2D eigenvalue weighted by Gasteiger charge is -2.28. The van der Waals surface area contributed by atoms with Gasteiger partial charge in [-0.15, -0.1) is 0 Å². The zero-order valence-corrected chi connectivity index (χ0v) is 17.1. The number of nitrogens with two attached hydrogens (primary N) is 1. The molecule has 2 aromatic carbocycles. The summed E-state index contributed by atoms with van der Waals surface area (Å²) in [4.78, 5) is 16.4. The van der Waals surface area contributed by atoms with Crippen molar-refractivity contribution >= 4 is 11.9 Å². The summed E-state index contributed by atoms with van der Waals surface area (Å²) in [5, 5.41) is 7.30. The third-order valence-corrected chi connectivity index (χ3v) is 4.98. The Morgan fingerprint density at radius 3 is 2.77 bits per heavy atom. The lowest BCUT2D eigenvalue weighted by atomic mass is 9.95. The van der Waals surface area contributed by atoms with Crippen LogP contribution in [0.1, 0.15) is 31.0 Å². The van der Waals surface area contributed by atoms with Gasteiger partial charge in [-0.2, -0.15) is 10.1 Å². The Kier molecular flexibility index (Phi) is 5.57. The van der Waals surface area contributed by atoms with Crippen molar-refractivity contribution in [2.24, 2.45) is 5.73 Å². The van der Waals surface area contributed by atoms with E-state index in [0.717, 1.165) is 5.56 Å². The van der Waals surface area contributed by atoms with Gasteiger partial charge in [0.15, 0.2) is 11.5 Å². The van der Waals surface area contributed by atoms with E-state index in [9.17, 15) is 9.18 Å². The van der Waals surface area contributed by atoms with E-state index < -0.39 is 11.9 Å². The van der Waals surface area contributed by atoms with E-state index in [-0.39, 0.29) is 12.4 Å². The molecule has 0 saturated heterocycles. The Hall–Kier alpha value is -3.88. The fourth-order valence-electron chi connectivity index (χ4n) is 3.57. The van der Waals surface area contributed by atoms with Gasteiger partial charge in [0, 0.05) is 11.3 Å². The molecule has 1 aliphatic heterocycles. The average molecular weight is 423 g/mol. The number of fused-ring (bicyclic) bond motifs is 1. The molecule has 0 bridgehead atoms. The summed E-state index contributed by atoms with van der Waals surface area (Å²) < 4.78 is 27.1. The number of carbonyl (C=O) groups excluding carboxylic acids is 1. The smallest absolute Gasteiger partial charge is 0.248 e. The van der Waals surface area contributed by atoms with Gasteiger partial charge < -0.3 is 20.5 Å². The molecule has 1 amide bonds. The monoisotopic (exact) mass is 423 g/mol. The summed E-state index contributed by atoms with van der Waals surface area (Å²) in [6, 6.07) is 11.2. The number of nitrogens with one attached hydrogen (secondary N) is 1. The number of ether oxygens (including phenoxy) is 2. The van der Waals surface area contributed by atoms with Crippen LogP contribution in [0.4, 0.5) is 10.3 Å². The van der Waals surface area contributed by atoms with E-state index in [1.807, 2.05) is 6.92 Å². The van der Waals surface area contributed by atoms with Crippen molar-refractivity contribution in [2.45, 2.75) is 26.5 Å². The van der Waals surface area contributed by atoms with E-state index in [0.29, 0.717) is 40.9 Å². The quantitative estimate of drug-likeness (QED) is 0.605. The molecule has 160 valence electrons. The summed E-state index contributed by atoms with van der Waals surface area (Å²) in [6.45, 7) is 4.07. The van der Waals surface area contributed by atoms with Crippen molar-refractivity contribution in [3.8, 4) is 11.5 Å². The molecule has 0 aliphatic carbocycles. The second-order valence-corrected chi connectivity index (χ2v) is 6.98. The predicted molar refractivity (Wildman–Crippen MR) is 112 cm³/mol. The minimum atomic E-state index is -0.573. The van der Waals surface area contributed by atoms with Crippen LogP contribution in [-0.2, 0) is 11.4 Å². The molecule has 4 rings (SSSR count). The van der Waals surface area contributed by atoms with Gasteiger partial charge in [0.05, 0.1) is 12.2 Å². The number of rotatable bonds is 7. The Morgan fingerprint density at radius 1 is 1.23 bits per heavy atom. The number of hydrogen-bond donors (Lipinski definition) is 2. The summed E-state index contributed by atoms with van der Waals surface area (Å²) in [5.41, 5.74) is 7.82. The Labute approximate surface area is 178 Å². The van der Waals surface area contributed by atoms with Crippen LogP contribution < -0.4 is 20.5 Å². The van der Waals surface area contributed by atoms with Crippen LogP contribution in [-0.4, -0.2) is 27.3 Å². The summed E-state index contributed by atoms with van der Waals surface area (Å²) in [7, 11) is 0. The first-order valence-corrected chi connectivity index (χ1v) is 9.79. The maximum Gasteiger partial charge on any atom is 0.248 e. The molecular weight excluding hydrogens is 401 g/mol. The van der Waals surface area contributed by atoms with Gasteiger partial charge in [0.2, 0.25) is 11.9 Å². The molecule has 3 aromatic rings. The third-order valence-electron chi connectivity index (χ3n) is 4.98. The van der Waals surface area contributed by atoms with Crippen molar-refractivity contribution in [1.82, 2.24) is 14.8 Å². The highest BCUT2D eigenvalue weighted by molar-refractivity contribution is 5.95. The van der Waals surface area contributed by atoms with Crippen molar-refractivity contribution in [2.75, 3.05) is 11.9 Å². The summed E-state index contributed by atoms with van der Waals surface area (Å²) in [5.74, 6) is 0.539. The topological polar surface area (TPSA) is 104 Å². The maximum absolute atomic E-state index is 13.9. The molecule has 3 N–H and O–H groups in total. The van der Waals surface area contributed by atoms with Crippen molar-refractivity contribution in [3.63, 3.8) is 0 Å². The highest BCUT2D eigenvalue weighted by Crippen LogP contribution is 2.38. The molecule has 9 heteroatoms. The number of allylic oxidation sites excluding steroid dienone is 1. The SMILES string of the molecule is CCOc1cc(C2C(C(N)=O)=C(C)Nc3ncnn32)ccc1OCc1ccccc1F. The number of benzene rings is 2. The number of aromatic nitrogens is 3. The van der Waals surface area contributed by atoms with Gasteiger partial charge in [-0.1, -0.05) is 24.3 Å². The zero-order valence-electron chi connectivity index (χ0n) is 17.1. The van der Waals surface area contributed by atoms with Gasteiger partial charge in [-0.05, 0) is 37.6 Å². The molecule has 31 heavy (non-hydrogen) atoms. The van der Waals surface area contributed by atoms with E-state index >= 15 is 0 Å². The highest BCUT2D eigenvalue weighted by atomic mass is 19.1. The highest BCUT2D eigenvalue weighted by Gasteiger charge is 2.32. The summed E-state index contributed by atoms with van der Waals surface area (Å²) in [6.07, 6.45) is 1.40. The van der Waals surface area contributed by atoms with E-state index in [1.54, 1.807) is 48.0 Å². The van der Waals surface area contributed by atoms with E-state index in [1.165, 1.54) is 12.4 Å². The minimum absolute atomic E-state index is 0.0538. The van der Waals surface area contributed by atoms with Crippen LogP contribution in [0, 0.1) is 5.82 Å². The van der Waals surface area contributed by atoms with E-state index in [4.69, 9.17) is 15.2 Å². The first-order valence-electron chi connectivity index (χ1n) is 9.79. The molecule has 2 heterocycles. The molecule has 0 saturated carbocycles. The van der Waals surface area contributed by atoms with Crippen molar-refractivity contribution in [3.05, 3.63) is 77.0 Å². The molecule has 0 radical (unpaired) electrons. The Balaban J connectivity index is 1.70. The third kappa shape index (κ3) is 3.94. The van der Waals surface area contributed by atoms with Gasteiger partial charge in [0.1, 0.15) is 24.8 Å². The number of hydrogen-bond acceptors (Lipinski definition) is 6. The predicted octanol–water partition coefficient (Wildman–Crippen LogP) is 3.17. The Bertz CT molecular complexity index is 1160. The number of primary amides is 1. The minimum Gasteiger partial charge on any atom is -0.490 e. The number of halogens is 1. The second kappa shape index (κ2) is 8.47. The number of carbonyl (C=O) groups is 1. The molecule has 0 fully saturated rings. The largest absolute Gasteiger partial charge is 0.490 e. The molecule has 1 aromatic heterocycles. The van der Waals surface area contributed by atoms with Crippen LogP contribution in [0.5, 0.6) is 11.5 Å². The Morgan fingerprint density at radius 2 is 2.03 bits per heavy atom. The number of amides is 1. The number of nitrogens with zero attached hydrogens (tertiary/aromatic N) is 3. The molecule has 1 unspecified atom stereocenters. The van der Waals surface area contributed by atoms with Crippen molar-refractivity contribution in [1.29, 1.82) is 0 Å². The molecule has 1 aliphatic rings. The molecule has 0 spiro atoms. The average Bonchev–Trinajstić information content (AvgIpc) is 3.21. The van der Waals surface area contributed by atoms with Gasteiger partial charge >= 0.3 is 0 Å². The van der Waals surface area contributed by atoms with Crippen LogP contribution in [0.15, 0.2) is 60.1 Å². The zero-order chi connectivity index (χ0) is 22.0.